The van der Waals surface area contributed by atoms with E-state index in [2.05, 4.69) is 29.0 Å². The highest BCUT2D eigenvalue weighted by atomic mass is 16.2. The molecule has 3 heterocycles. The zero-order chi connectivity index (χ0) is 21.1. The van der Waals surface area contributed by atoms with E-state index < -0.39 is 0 Å². The number of hydrogen-bond donors (Lipinski definition) is 1. The van der Waals surface area contributed by atoms with Crippen molar-refractivity contribution in [2.75, 3.05) is 42.9 Å². The van der Waals surface area contributed by atoms with Crippen LogP contribution in [0.2, 0.25) is 0 Å². The Bertz CT molecular complexity index is 927. The summed E-state index contributed by atoms with van der Waals surface area (Å²) in [6, 6.07) is 10.6. The van der Waals surface area contributed by atoms with Gasteiger partial charge >= 0.3 is 6.03 Å². The van der Waals surface area contributed by atoms with Crippen molar-refractivity contribution < 1.29 is 9.59 Å². The third kappa shape index (κ3) is 3.89. The van der Waals surface area contributed by atoms with Crippen LogP contribution >= 0.6 is 0 Å². The molecule has 1 fully saturated rings. The molecule has 158 valence electrons. The van der Waals surface area contributed by atoms with E-state index in [1.165, 1.54) is 0 Å². The predicted octanol–water partition coefficient (Wildman–Crippen LogP) is 3.96. The summed E-state index contributed by atoms with van der Waals surface area (Å²) >= 11 is 0. The standard InChI is InChI=1S/C23H29N5O2/c1-3-26(4-2)14-11-17-12-15-27(16-17)23(30)28-20-10-6-5-8-18(20)22(29)25-19-9-7-13-24-21(19)28/h5-10,13,17H,3-4,11-12,14-16H2,1-2H3,(H,25,29). The van der Waals surface area contributed by atoms with Gasteiger partial charge in [-0.1, -0.05) is 26.0 Å². The Hall–Kier alpha value is -2.93. The van der Waals surface area contributed by atoms with Gasteiger partial charge in [-0.15, -0.1) is 0 Å². The van der Waals surface area contributed by atoms with Gasteiger partial charge in [-0.3, -0.25) is 4.79 Å². The number of carbonyl (C=O) groups is 2. The van der Waals surface area contributed by atoms with Gasteiger partial charge in [-0.25, -0.2) is 14.7 Å². The Balaban J connectivity index is 1.58. The highest BCUT2D eigenvalue weighted by Gasteiger charge is 2.35. The van der Waals surface area contributed by atoms with Gasteiger partial charge in [0.2, 0.25) is 0 Å². The number of pyridine rings is 1. The second-order valence-electron chi connectivity index (χ2n) is 7.88. The third-order valence-electron chi connectivity index (χ3n) is 6.13. The number of aromatic nitrogens is 1. The monoisotopic (exact) mass is 407 g/mol. The minimum absolute atomic E-state index is 0.121. The molecule has 0 aliphatic carbocycles. The fourth-order valence-electron chi connectivity index (χ4n) is 4.32. The molecule has 3 amide bonds. The van der Waals surface area contributed by atoms with Gasteiger partial charge in [0.15, 0.2) is 5.82 Å². The SMILES string of the molecule is CCN(CC)CCC1CCN(C(=O)N2c3ccccc3C(=O)Nc3cccnc32)C1. The van der Waals surface area contributed by atoms with Crippen LogP contribution in [0.4, 0.5) is 22.0 Å². The largest absolute Gasteiger partial charge is 0.330 e. The maximum absolute atomic E-state index is 13.6. The number of fused-ring (bicyclic) bond motifs is 2. The summed E-state index contributed by atoms with van der Waals surface area (Å²) in [6.07, 6.45) is 3.75. The van der Waals surface area contributed by atoms with E-state index in [1.54, 1.807) is 29.3 Å². The number of carbonyl (C=O) groups excluding carboxylic acids is 2. The van der Waals surface area contributed by atoms with Crippen LogP contribution in [-0.4, -0.2) is 59.4 Å². The smallest absolute Gasteiger partial charge is 0.324 e. The fourth-order valence-corrected chi connectivity index (χ4v) is 4.32. The van der Waals surface area contributed by atoms with Gasteiger partial charge in [0, 0.05) is 19.3 Å². The molecule has 7 nitrogen and oxygen atoms in total. The van der Waals surface area contributed by atoms with Crippen molar-refractivity contribution >= 4 is 29.1 Å². The normalized spacial score (nSPS) is 18.1. The lowest BCUT2D eigenvalue weighted by Crippen LogP contribution is -2.40. The number of hydrogen-bond acceptors (Lipinski definition) is 4. The Morgan fingerprint density at radius 1 is 1.20 bits per heavy atom. The molecule has 1 N–H and O–H groups in total. The Morgan fingerprint density at radius 2 is 2.00 bits per heavy atom. The molecule has 0 bridgehead atoms. The van der Waals surface area contributed by atoms with Crippen LogP contribution in [0.3, 0.4) is 0 Å². The topological polar surface area (TPSA) is 68.8 Å². The quantitative estimate of drug-likeness (QED) is 0.815. The second-order valence-corrected chi connectivity index (χ2v) is 7.88. The number of likely N-dealkylation sites (tertiary alicyclic amines) is 1. The number of para-hydroxylation sites is 1. The predicted molar refractivity (Wildman–Crippen MR) is 118 cm³/mol. The van der Waals surface area contributed by atoms with Crippen molar-refractivity contribution in [3.05, 3.63) is 48.2 Å². The molecule has 1 atom stereocenters. The molecule has 2 aromatic rings. The molecule has 1 saturated heterocycles. The van der Waals surface area contributed by atoms with Crippen molar-refractivity contribution in [3.63, 3.8) is 0 Å². The highest BCUT2D eigenvalue weighted by molar-refractivity contribution is 6.16. The first-order valence-electron chi connectivity index (χ1n) is 10.8. The van der Waals surface area contributed by atoms with E-state index in [-0.39, 0.29) is 11.9 Å². The average Bonchev–Trinajstić information content (AvgIpc) is 3.20. The van der Waals surface area contributed by atoms with E-state index >= 15 is 0 Å². The molecule has 30 heavy (non-hydrogen) atoms. The number of rotatable bonds is 5. The summed E-state index contributed by atoms with van der Waals surface area (Å²) in [7, 11) is 0. The third-order valence-corrected chi connectivity index (χ3v) is 6.13. The Kier molecular flexibility index (Phi) is 5.99. The first-order chi connectivity index (χ1) is 14.6. The number of nitrogens with one attached hydrogen (secondary N) is 1. The summed E-state index contributed by atoms with van der Waals surface area (Å²) in [5.74, 6) is 0.737. The summed E-state index contributed by atoms with van der Waals surface area (Å²) in [6.45, 7) is 9.01. The Labute approximate surface area is 177 Å². The lowest BCUT2D eigenvalue weighted by Gasteiger charge is -2.28. The Morgan fingerprint density at radius 3 is 2.80 bits per heavy atom. The first kappa shape index (κ1) is 20.3. The highest BCUT2D eigenvalue weighted by Crippen LogP contribution is 2.37. The van der Waals surface area contributed by atoms with Crippen LogP contribution in [-0.2, 0) is 0 Å². The minimum atomic E-state index is -0.228. The molecule has 0 radical (unpaired) electrons. The summed E-state index contributed by atoms with van der Waals surface area (Å²) in [4.78, 5) is 36.7. The molecule has 4 rings (SSSR count). The maximum atomic E-state index is 13.6. The zero-order valence-electron chi connectivity index (χ0n) is 17.7. The zero-order valence-corrected chi connectivity index (χ0v) is 17.7. The number of urea groups is 1. The molecule has 0 saturated carbocycles. The molecule has 1 aromatic heterocycles. The van der Waals surface area contributed by atoms with E-state index in [0.29, 0.717) is 28.7 Å². The lowest BCUT2D eigenvalue weighted by atomic mass is 10.0. The van der Waals surface area contributed by atoms with Crippen molar-refractivity contribution in [1.29, 1.82) is 0 Å². The molecule has 1 aromatic carbocycles. The molecule has 7 heteroatoms. The van der Waals surface area contributed by atoms with Gasteiger partial charge in [-0.05, 0) is 62.7 Å². The van der Waals surface area contributed by atoms with Crippen LogP contribution in [0.25, 0.3) is 0 Å². The second kappa shape index (κ2) is 8.83. The van der Waals surface area contributed by atoms with Gasteiger partial charge in [0.05, 0.1) is 16.9 Å². The fraction of sp³-hybridized carbons (Fsp3) is 0.435. The van der Waals surface area contributed by atoms with Gasteiger partial charge in [0.25, 0.3) is 5.91 Å². The van der Waals surface area contributed by atoms with Gasteiger partial charge < -0.3 is 15.1 Å². The average molecular weight is 408 g/mol. The van der Waals surface area contributed by atoms with Gasteiger partial charge in [-0.2, -0.15) is 0 Å². The number of nitrogens with zero attached hydrogens (tertiary/aromatic N) is 4. The lowest BCUT2D eigenvalue weighted by molar-refractivity contribution is 0.102. The summed E-state index contributed by atoms with van der Waals surface area (Å²) in [5, 5.41) is 2.89. The molecule has 2 aliphatic heterocycles. The van der Waals surface area contributed by atoms with Crippen molar-refractivity contribution in [1.82, 2.24) is 14.8 Å². The van der Waals surface area contributed by atoms with E-state index in [4.69, 9.17) is 0 Å². The van der Waals surface area contributed by atoms with Crippen LogP contribution < -0.4 is 10.2 Å². The number of benzene rings is 1. The number of amides is 3. The van der Waals surface area contributed by atoms with Crippen LogP contribution in [0.5, 0.6) is 0 Å². The summed E-state index contributed by atoms with van der Waals surface area (Å²) in [5.41, 5.74) is 1.59. The van der Waals surface area contributed by atoms with Crippen LogP contribution in [0.1, 0.15) is 37.0 Å². The molecular weight excluding hydrogens is 378 g/mol. The number of anilines is 3. The molecule has 2 aliphatic rings. The van der Waals surface area contributed by atoms with E-state index in [9.17, 15) is 9.59 Å². The van der Waals surface area contributed by atoms with E-state index in [1.807, 2.05) is 23.1 Å². The van der Waals surface area contributed by atoms with E-state index in [0.717, 1.165) is 45.6 Å². The van der Waals surface area contributed by atoms with Crippen molar-refractivity contribution in [2.45, 2.75) is 26.7 Å². The first-order valence-corrected chi connectivity index (χ1v) is 10.8. The van der Waals surface area contributed by atoms with Crippen LogP contribution in [0, 0.1) is 5.92 Å². The van der Waals surface area contributed by atoms with Crippen LogP contribution in [0.15, 0.2) is 42.6 Å². The van der Waals surface area contributed by atoms with Crippen molar-refractivity contribution in [3.8, 4) is 0 Å². The maximum Gasteiger partial charge on any atom is 0.330 e. The molecule has 1 unspecified atom stereocenters. The molecule has 0 spiro atoms. The van der Waals surface area contributed by atoms with Crippen molar-refractivity contribution in [2.24, 2.45) is 5.92 Å². The molecular formula is C23H29N5O2. The van der Waals surface area contributed by atoms with Gasteiger partial charge in [0.1, 0.15) is 0 Å². The summed E-state index contributed by atoms with van der Waals surface area (Å²) < 4.78 is 0. The minimum Gasteiger partial charge on any atom is -0.324 e.